The molecule has 94 valence electrons. The number of nitrogens with zero attached hydrogens (tertiary/aromatic N) is 1. The van der Waals surface area contributed by atoms with Crippen molar-refractivity contribution in [3.8, 4) is 0 Å². The molecule has 0 aromatic rings. The lowest BCUT2D eigenvalue weighted by molar-refractivity contribution is 0.0295. The number of aliphatic hydroxyl groups excluding tert-OH is 1. The van der Waals surface area contributed by atoms with Gasteiger partial charge in [0.25, 0.3) is 0 Å². The van der Waals surface area contributed by atoms with E-state index in [9.17, 15) is 5.11 Å². The van der Waals surface area contributed by atoms with Gasteiger partial charge in [-0.25, -0.2) is 0 Å². The fourth-order valence-corrected chi connectivity index (χ4v) is 3.75. The van der Waals surface area contributed by atoms with Crippen molar-refractivity contribution in [2.45, 2.75) is 46.0 Å². The van der Waals surface area contributed by atoms with E-state index in [-0.39, 0.29) is 5.41 Å². The second-order valence-electron chi connectivity index (χ2n) is 6.49. The van der Waals surface area contributed by atoms with Crippen molar-refractivity contribution in [2.24, 2.45) is 17.3 Å². The van der Waals surface area contributed by atoms with Gasteiger partial charge in [0.15, 0.2) is 0 Å². The first-order valence-corrected chi connectivity index (χ1v) is 6.97. The van der Waals surface area contributed by atoms with Crippen molar-refractivity contribution >= 4 is 0 Å². The summed E-state index contributed by atoms with van der Waals surface area (Å²) in [6, 6.07) is 0. The highest BCUT2D eigenvalue weighted by Crippen LogP contribution is 2.40. The van der Waals surface area contributed by atoms with Gasteiger partial charge in [-0.15, -0.1) is 0 Å². The van der Waals surface area contributed by atoms with Crippen LogP contribution in [0, 0.1) is 17.3 Å². The van der Waals surface area contributed by atoms with Gasteiger partial charge in [0.05, 0.1) is 0 Å². The first-order chi connectivity index (χ1) is 7.63. The molecule has 0 amide bonds. The Hall–Kier alpha value is -0.0800. The standard InChI is InChI=1S/C14H27NO/c1-12-4-3-6-14(8-12,11-16)10-15-7-5-13(2)9-15/h12-13,16H,3-11H2,1-2H3. The van der Waals surface area contributed by atoms with Gasteiger partial charge in [0, 0.05) is 25.1 Å². The molecule has 16 heavy (non-hydrogen) atoms. The zero-order valence-corrected chi connectivity index (χ0v) is 10.9. The maximum Gasteiger partial charge on any atom is 0.0499 e. The van der Waals surface area contributed by atoms with E-state index >= 15 is 0 Å². The van der Waals surface area contributed by atoms with Crippen LogP contribution in [0.1, 0.15) is 46.0 Å². The van der Waals surface area contributed by atoms with E-state index in [2.05, 4.69) is 18.7 Å². The molecule has 0 radical (unpaired) electrons. The summed E-state index contributed by atoms with van der Waals surface area (Å²) in [7, 11) is 0. The molecule has 3 unspecified atom stereocenters. The Bertz CT molecular complexity index is 231. The van der Waals surface area contributed by atoms with Crippen LogP contribution in [0.25, 0.3) is 0 Å². The van der Waals surface area contributed by atoms with E-state index < -0.39 is 0 Å². The topological polar surface area (TPSA) is 23.5 Å². The summed E-state index contributed by atoms with van der Waals surface area (Å²) in [6.45, 7) is 8.71. The second kappa shape index (κ2) is 5.05. The minimum Gasteiger partial charge on any atom is -0.396 e. The summed E-state index contributed by atoms with van der Waals surface area (Å²) in [4.78, 5) is 2.58. The Balaban J connectivity index is 1.93. The van der Waals surface area contributed by atoms with Gasteiger partial charge in [-0.2, -0.15) is 0 Å². The van der Waals surface area contributed by atoms with Gasteiger partial charge >= 0.3 is 0 Å². The number of aliphatic hydroxyl groups is 1. The van der Waals surface area contributed by atoms with Gasteiger partial charge in [0.2, 0.25) is 0 Å². The van der Waals surface area contributed by atoms with Gasteiger partial charge < -0.3 is 10.0 Å². The van der Waals surface area contributed by atoms with E-state index in [1.807, 2.05) is 0 Å². The molecule has 0 bridgehead atoms. The molecule has 1 aliphatic heterocycles. The minimum atomic E-state index is 0.224. The average molecular weight is 225 g/mol. The van der Waals surface area contributed by atoms with Crippen LogP contribution in [0.15, 0.2) is 0 Å². The van der Waals surface area contributed by atoms with E-state index in [1.165, 1.54) is 45.2 Å². The normalized spacial score (nSPS) is 41.4. The fourth-order valence-electron chi connectivity index (χ4n) is 3.75. The molecule has 0 spiro atoms. The molecule has 0 aromatic carbocycles. The lowest BCUT2D eigenvalue weighted by Crippen LogP contribution is -2.42. The molecular weight excluding hydrogens is 198 g/mol. The predicted octanol–water partition coefficient (Wildman–Crippen LogP) is 2.52. The second-order valence-corrected chi connectivity index (χ2v) is 6.49. The first-order valence-electron chi connectivity index (χ1n) is 6.97. The summed E-state index contributed by atoms with van der Waals surface area (Å²) in [5.41, 5.74) is 0.224. The van der Waals surface area contributed by atoms with Crippen molar-refractivity contribution in [3.63, 3.8) is 0 Å². The number of hydrogen-bond donors (Lipinski definition) is 1. The SMILES string of the molecule is CC1CCN(CC2(CO)CCCC(C)C2)C1. The summed E-state index contributed by atoms with van der Waals surface area (Å²) >= 11 is 0. The summed E-state index contributed by atoms with van der Waals surface area (Å²) in [5, 5.41) is 9.76. The van der Waals surface area contributed by atoms with E-state index in [0.29, 0.717) is 6.61 Å². The number of likely N-dealkylation sites (tertiary alicyclic amines) is 1. The third-order valence-electron chi connectivity index (χ3n) is 4.59. The van der Waals surface area contributed by atoms with E-state index in [1.54, 1.807) is 0 Å². The maximum absolute atomic E-state index is 9.76. The summed E-state index contributed by atoms with van der Waals surface area (Å²) < 4.78 is 0. The monoisotopic (exact) mass is 225 g/mol. The highest BCUT2D eigenvalue weighted by Gasteiger charge is 2.37. The first kappa shape index (κ1) is 12.4. The van der Waals surface area contributed by atoms with Crippen molar-refractivity contribution < 1.29 is 5.11 Å². The molecule has 2 rings (SSSR count). The highest BCUT2D eigenvalue weighted by atomic mass is 16.3. The zero-order valence-electron chi connectivity index (χ0n) is 10.9. The van der Waals surface area contributed by atoms with E-state index in [4.69, 9.17) is 0 Å². The van der Waals surface area contributed by atoms with Crippen LogP contribution in [0.4, 0.5) is 0 Å². The lowest BCUT2D eigenvalue weighted by atomic mass is 9.70. The molecular formula is C14H27NO. The largest absolute Gasteiger partial charge is 0.396 e. The van der Waals surface area contributed by atoms with Crippen LogP contribution in [-0.4, -0.2) is 36.2 Å². The van der Waals surface area contributed by atoms with E-state index in [0.717, 1.165) is 18.4 Å². The summed E-state index contributed by atoms with van der Waals surface area (Å²) in [6.07, 6.45) is 6.48. The molecule has 1 N–H and O–H groups in total. The molecule has 1 heterocycles. The molecule has 2 nitrogen and oxygen atoms in total. The van der Waals surface area contributed by atoms with Gasteiger partial charge in [-0.05, 0) is 37.6 Å². The smallest absolute Gasteiger partial charge is 0.0499 e. The molecule has 2 heteroatoms. The molecule has 1 aliphatic carbocycles. The molecule has 3 atom stereocenters. The third kappa shape index (κ3) is 2.78. The number of rotatable bonds is 3. The van der Waals surface area contributed by atoms with Crippen molar-refractivity contribution in [3.05, 3.63) is 0 Å². The van der Waals surface area contributed by atoms with Crippen LogP contribution < -0.4 is 0 Å². The Morgan fingerprint density at radius 2 is 2.06 bits per heavy atom. The minimum absolute atomic E-state index is 0.224. The lowest BCUT2D eigenvalue weighted by Gasteiger charge is -2.41. The Morgan fingerprint density at radius 3 is 2.62 bits per heavy atom. The van der Waals surface area contributed by atoms with Crippen LogP contribution in [0.3, 0.4) is 0 Å². The molecule has 2 aliphatic rings. The van der Waals surface area contributed by atoms with Crippen LogP contribution >= 0.6 is 0 Å². The van der Waals surface area contributed by atoms with Crippen LogP contribution in [0.5, 0.6) is 0 Å². The molecule has 1 saturated heterocycles. The van der Waals surface area contributed by atoms with Crippen molar-refractivity contribution in [2.75, 3.05) is 26.2 Å². The Kier molecular flexibility index (Phi) is 3.91. The Labute approximate surface area is 100 Å². The van der Waals surface area contributed by atoms with Gasteiger partial charge in [0.1, 0.15) is 0 Å². The average Bonchev–Trinajstić information content (AvgIpc) is 2.64. The van der Waals surface area contributed by atoms with Gasteiger partial charge in [-0.1, -0.05) is 26.7 Å². The third-order valence-corrected chi connectivity index (χ3v) is 4.59. The predicted molar refractivity (Wildman–Crippen MR) is 67.4 cm³/mol. The van der Waals surface area contributed by atoms with Crippen LogP contribution in [0.2, 0.25) is 0 Å². The van der Waals surface area contributed by atoms with Crippen molar-refractivity contribution in [1.82, 2.24) is 4.90 Å². The number of hydrogen-bond acceptors (Lipinski definition) is 2. The van der Waals surface area contributed by atoms with Crippen molar-refractivity contribution in [1.29, 1.82) is 0 Å². The molecule has 1 saturated carbocycles. The summed E-state index contributed by atoms with van der Waals surface area (Å²) in [5.74, 6) is 1.66. The maximum atomic E-state index is 9.76. The zero-order chi connectivity index (χ0) is 11.6. The quantitative estimate of drug-likeness (QED) is 0.798. The molecule has 0 aromatic heterocycles. The van der Waals surface area contributed by atoms with Gasteiger partial charge in [-0.3, -0.25) is 0 Å². The Morgan fingerprint density at radius 1 is 1.25 bits per heavy atom. The highest BCUT2D eigenvalue weighted by molar-refractivity contribution is 4.89. The fraction of sp³-hybridized carbons (Fsp3) is 1.00. The van der Waals surface area contributed by atoms with Crippen LogP contribution in [-0.2, 0) is 0 Å². The molecule has 2 fully saturated rings.